The fourth-order valence-corrected chi connectivity index (χ4v) is 6.78. The number of hydrogen-bond acceptors (Lipinski definition) is 5. The van der Waals surface area contributed by atoms with E-state index < -0.39 is 10.0 Å². The van der Waals surface area contributed by atoms with E-state index in [1.165, 1.54) is 12.8 Å². The second-order valence-corrected chi connectivity index (χ2v) is 11.5. The number of sulfonamides is 1. The van der Waals surface area contributed by atoms with E-state index in [-0.39, 0.29) is 5.91 Å². The van der Waals surface area contributed by atoms with Gasteiger partial charge in [0.2, 0.25) is 15.9 Å². The maximum atomic E-state index is 13.0. The molecule has 0 bridgehead atoms. The number of carbonyl (C=O) groups excluding carboxylic acids is 1. The lowest BCUT2D eigenvalue weighted by Gasteiger charge is -2.26. The maximum Gasteiger partial charge on any atom is 0.243 e. The predicted molar refractivity (Wildman–Crippen MR) is 134 cm³/mol. The first-order valence-electron chi connectivity index (χ1n) is 12.9. The van der Waals surface area contributed by atoms with Gasteiger partial charge in [-0.15, -0.1) is 0 Å². The Labute approximate surface area is 203 Å². The van der Waals surface area contributed by atoms with E-state index >= 15 is 0 Å². The third kappa shape index (κ3) is 5.47. The van der Waals surface area contributed by atoms with Crippen LogP contribution in [0.1, 0.15) is 64.6 Å². The van der Waals surface area contributed by atoms with Gasteiger partial charge in [0.15, 0.2) is 0 Å². The minimum atomic E-state index is -3.48. The van der Waals surface area contributed by atoms with Gasteiger partial charge in [-0.1, -0.05) is 13.8 Å². The van der Waals surface area contributed by atoms with Crippen LogP contribution in [0.2, 0.25) is 0 Å². The number of aromatic nitrogens is 2. The first-order chi connectivity index (χ1) is 16.4. The number of aryl methyl sites for hydroxylation is 2. The molecule has 4 rings (SSSR count). The monoisotopic (exact) mass is 489 g/mol. The first-order valence-corrected chi connectivity index (χ1v) is 14.4. The van der Waals surface area contributed by atoms with E-state index in [0.29, 0.717) is 48.9 Å². The molecule has 1 aromatic carbocycles. The summed E-state index contributed by atoms with van der Waals surface area (Å²) in [5.74, 6) is 0.888. The van der Waals surface area contributed by atoms with Crippen LogP contribution in [0.25, 0.3) is 11.0 Å². The molecule has 2 aliphatic heterocycles. The van der Waals surface area contributed by atoms with Crippen molar-refractivity contribution in [2.45, 2.75) is 82.7 Å². The van der Waals surface area contributed by atoms with Crippen LogP contribution >= 0.6 is 0 Å². The average molecular weight is 490 g/mol. The Bertz CT molecular complexity index is 1090. The number of carbonyl (C=O) groups is 1. The van der Waals surface area contributed by atoms with Crippen LogP contribution in [0.15, 0.2) is 23.1 Å². The molecule has 1 unspecified atom stereocenters. The van der Waals surface area contributed by atoms with Crippen LogP contribution in [0.3, 0.4) is 0 Å². The molecule has 0 radical (unpaired) electrons. The highest BCUT2D eigenvalue weighted by Gasteiger charge is 2.28. The lowest BCUT2D eigenvalue weighted by molar-refractivity contribution is -0.121. The van der Waals surface area contributed by atoms with Crippen molar-refractivity contribution in [2.24, 2.45) is 0 Å². The van der Waals surface area contributed by atoms with Gasteiger partial charge < -0.3 is 9.88 Å². The number of hydrogen-bond donors (Lipinski definition) is 1. The van der Waals surface area contributed by atoms with E-state index in [0.717, 1.165) is 56.7 Å². The summed E-state index contributed by atoms with van der Waals surface area (Å²) in [6, 6.07) is 5.67. The number of fused-ring (bicyclic) bond motifs is 1. The standard InChI is InChI=1S/C25H39N5O3S/c1-3-13-30-23-10-9-21(34(32,33)29-16-7-8-17-29)18-22(23)27-24(30)11-12-25(31)26-19-20(4-2)28-14-5-6-15-28/h9-10,18,20H,3-8,11-17,19H2,1-2H3,(H,26,31). The van der Waals surface area contributed by atoms with Gasteiger partial charge in [-0.25, -0.2) is 13.4 Å². The number of benzene rings is 1. The van der Waals surface area contributed by atoms with Crippen molar-refractivity contribution in [1.82, 2.24) is 24.1 Å². The molecule has 0 spiro atoms. The molecule has 2 aromatic rings. The van der Waals surface area contributed by atoms with Crippen molar-refractivity contribution in [3.05, 3.63) is 24.0 Å². The molecule has 9 heteroatoms. The van der Waals surface area contributed by atoms with Gasteiger partial charge in [0.05, 0.1) is 15.9 Å². The molecule has 188 valence electrons. The third-order valence-corrected chi connectivity index (χ3v) is 9.08. The number of nitrogens with zero attached hydrogens (tertiary/aromatic N) is 4. The number of amides is 1. The van der Waals surface area contributed by atoms with Crippen molar-refractivity contribution in [3.8, 4) is 0 Å². The summed E-state index contributed by atoms with van der Waals surface area (Å²) < 4.78 is 29.7. The first kappa shape index (κ1) is 25.1. The topological polar surface area (TPSA) is 87.5 Å². The Morgan fingerprint density at radius 2 is 1.79 bits per heavy atom. The van der Waals surface area contributed by atoms with Crippen LogP contribution < -0.4 is 5.32 Å². The average Bonchev–Trinajstić information content (AvgIpc) is 3.60. The molecule has 0 aliphatic carbocycles. The van der Waals surface area contributed by atoms with Gasteiger partial charge in [-0.05, 0) is 69.8 Å². The maximum absolute atomic E-state index is 13.0. The molecule has 8 nitrogen and oxygen atoms in total. The quantitative estimate of drug-likeness (QED) is 0.524. The van der Waals surface area contributed by atoms with E-state index in [4.69, 9.17) is 4.98 Å². The highest BCUT2D eigenvalue weighted by Crippen LogP contribution is 2.26. The van der Waals surface area contributed by atoms with Gasteiger partial charge in [-0.3, -0.25) is 9.69 Å². The van der Waals surface area contributed by atoms with Crippen molar-refractivity contribution in [2.75, 3.05) is 32.7 Å². The Morgan fingerprint density at radius 3 is 2.47 bits per heavy atom. The second kappa shape index (κ2) is 11.2. The normalized spacial score (nSPS) is 18.6. The van der Waals surface area contributed by atoms with Crippen molar-refractivity contribution >= 4 is 27.0 Å². The predicted octanol–water partition coefficient (Wildman–Crippen LogP) is 3.15. The van der Waals surface area contributed by atoms with Crippen molar-refractivity contribution < 1.29 is 13.2 Å². The molecular weight excluding hydrogens is 450 g/mol. The van der Waals surface area contributed by atoms with Gasteiger partial charge in [0.25, 0.3) is 0 Å². The van der Waals surface area contributed by atoms with Crippen LogP contribution in [-0.2, 0) is 27.8 Å². The Morgan fingerprint density at radius 1 is 1.09 bits per heavy atom. The largest absolute Gasteiger partial charge is 0.355 e. The van der Waals surface area contributed by atoms with Crippen LogP contribution in [-0.4, -0.2) is 71.8 Å². The second-order valence-electron chi connectivity index (χ2n) is 9.55. The molecule has 1 amide bonds. The summed E-state index contributed by atoms with van der Waals surface area (Å²) in [5.41, 5.74) is 1.61. The van der Waals surface area contributed by atoms with Crippen LogP contribution in [0.4, 0.5) is 0 Å². The Kier molecular flexibility index (Phi) is 8.26. The highest BCUT2D eigenvalue weighted by atomic mass is 32.2. The Hall–Kier alpha value is -1.97. The number of likely N-dealkylation sites (tertiary alicyclic amines) is 1. The number of imidazole rings is 1. The van der Waals surface area contributed by atoms with Gasteiger partial charge in [0.1, 0.15) is 5.82 Å². The van der Waals surface area contributed by atoms with Crippen LogP contribution in [0, 0.1) is 0 Å². The van der Waals surface area contributed by atoms with Gasteiger partial charge >= 0.3 is 0 Å². The number of nitrogens with one attached hydrogen (secondary N) is 1. The molecule has 1 aromatic heterocycles. The lowest BCUT2D eigenvalue weighted by atomic mass is 10.2. The lowest BCUT2D eigenvalue weighted by Crippen LogP contribution is -2.42. The summed E-state index contributed by atoms with van der Waals surface area (Å²) in [6.45, 7) is 9.20. The number of rotatable bonds is 11. The van der Waals surface area contributed by atoms with E-state index in [1.54, 1.807) is 16.4 Å². The zero-order chi connectivity index (χ0) is 24.1. The van der Waals surface area contributed by atoms with Gasteiger partial charge in [-0.2, -0.15) is 4.31 Å². The molecular formula is C25H39N5O3S. The smallest absolute Gasteiger partial charge is 0.243 e. The fraction of sp³-hybridized carbons (Fsp3) is 0.680. The molecule has 0 saturated carbocycles. The highest BCUT2D eigenvalue weighted by molar-refractivity contribution is 7.89. The van der Waals surface area contributed by atoms with Gasteiger partial charge in [0, 0.05) is 45.1 Å². The van der Waals surface area contributed by atoms with E-state index in [2.05, 4.69) is 28.6 Å². The Balaban J connectivity index is 1.44. The molecule has 2 fully saturated rings. The van der Waals surface area contributed by atoms with E-state index in [1.807, 2.05) is 6.07 Å². The summed E-state index contributed by atoms with van der Waals surface area (Å²) in [4.78, 5) is 20.2. The third-order valence-electron chi connectivity index (χ3n) is 7.19. The zero-order valence-electron chi connectivity index (χ0n) is 20.6. The summed E-state index contributed by atoms with van der Waals surface area (Å²) in [6.07, 6.45) is 7.21. The summed E-state index contributed by atoms with van der Waals surface area (Å²) in [5, 5.41) is 3.12. The van der Waals surface area contributed by atoms with E-state index in [9.17, 15) is 13.2 Å². The molecule has 1 atom stereocenters. The van der Waals surface area contributed by atoms with Crippen molar-refractivity contribution in [3.63, 3.8) is 0 Å². The zero-order valence-corrected chi connectivity index (χ0v) is 21.4. The summed E-state index contributed by atoms with van der Waals surface area (Å²) in [7, 11) is -3.48. The van der Waals surface area contributed by atoms with Crippen molar-refractivity contribution in [1.29, 1.82) is 0 Å². The molecule has 34 heavy (non-hydrogen) atoms. The van der Waals surface area contributed by atoms with Crippen LogP contribution in [0.5, 0.6) is 0 Å². The fourth-order valence-electron chi connectivity index (χ4n) is 5.25. The summed E-state index contributed by atoms with van der Waals surface area (Å²) >= 11 is 0. The molecule has 1 N–H and O–H groups in total. The SMILES string of the molecule is CCCn1c(CCC(=O)NCC(CC)N2CCCC2)nc2cc(S(=O)(=O)N3CCCC3)ccc21. The molecule has 3 heterocycles. The molecule has 2 saturated heterocycles. The minimum Gasteiger partial charge on any atom is -0.355 e. The molecule has 2 aliphatic rings. The minimum absolute atomic E-state index is 0.0463.